The summed E-state index contributed by atoms with van der Waals surface area (Å²) in [6.45, 7) is 8.71. The van der Waals surface area contributed by atoms with Gasteiger partial charge in [-0.2, -0.15) is 0 Å². The molecule has 1 N–H and O–H groups in total. The Bertz CT molecular complexity index is 686. The maximum atomic E-state index is 6.10. The topological polar surface area (TPSA) is 24.5 Å². The first kappa shape index (κ1) is 18.9. The van der Waals surface area contributed by atoms with Crippen molar-refractivity contribution < 1.29 is 4.74 Å². The predicted molar refractivity (Wildman–Crippen MR) is 110 cm³/mol. The van der Waals surface area contributed by atoms with E-state index in [1.807, 2.05) is 7.11 Å². The van der Waals surface area contributed by atoms with Gasteiger partial charge in [-0.25, -0.2) is 0 Å². The van der Waals surface area contributed by atoms with Crippen LogP contribution < -0.4 is 10.2 Å². The van der Waals surface area contributed by atoms with Crippen molar-refractivity contribution in [2.45, 2.75) is 38.7 Å². The fourth-order valence-electron chi connectivity index (χ4n) is 4.02. The lowest BCUT2D eigenvalue weighted by molar-refractivity contribution is -0.0255. The number of nitrogens with one attached hydrogen (secondary N) is 1. The summed E-state index contributed by atoms with van der Waals surface area (Å²) in [4.78, 5) is 2.45. The Morgan fingerprint density at radius 1 is 1.04 bits per heavy atom. The fourth-order valence-corrected chi connectivity index (χ4v) is 4.02. The second kappa shape index (κ2) is 8.70. The molecule has 0 saturated carbocycles. The standard InChI is InChI=1S/C23H32N2O/c1-4-23(26-3,14-13-20-8-6-5-7-19(20)2)21-9-11-22(12-10-21)25-17-15-24-16-18-25/h5-12,24H,4,13-18H2,1-3H3. The van der Waals surface area contributed by atoms with Gasteiger partial charge in [0.2, 0.25) is 0 Å². The monoisotopic (exact) mass is 352 g/mol. The average molecular weight is 353 g/mol. The average Bonchev–Trinajstić information content (AvgIpc) is 2.71. The third kappa shape index (κ3) is 4.11. The van der Waals surface area contributed by atoms with Crippen molar-refractivity contribution in [2.24, 2.45) is 0 Å². The maximum Gasteiger partial charge on any atom is 0.0928 e. The van der Waals surface area contributed by atoms with Crippen LogP contribution >= 0.6 is 0 Å². The SMILES string of the molecule is CCC(CCc1ccccc1C)(OC)c1ccc(N2CCNCC2)cc1. The number of piperazine rings is 1. The Morgan fingerprint density at radius 3 is 2.35 bits per heavy atom. The van der Waals surface area contributed by atoms with E-state index in [-0.39, 0.29) is 5.60 Å². The molecule has 3 nitrogen and oxygen atoms in total. The van der Waals surface area contributed by atoms with E-state index >= 15 is 0 Å². The first-order chi connectivity index (χ1) is 12.7. The summed E-state index contributed by atoms with van der Waals surface area (Å²) in [6, 6.07) is 17.7. The molecule has 140 valence electrons. The summed E-state index contributed by atoms with van der Waals surface area (Å²) in [5.41, 5.74) is 5.16. The lowest BCUT2D eigenvalue weighted by Crippen LogP contribution is -2.43. The molecule has 3 rings (SSSR count). The van der Waals surface area contributed by atoms with Gasteiger partial charge in [-0.1, -0.05) is 43.3 Å². The molecule has 1 aliphatic rings. The van der Waals surface area contributed by atoms with Gasteiger partial charge in [-0.05, 0) is 55.0 Å². The summed E-state index contributed by atoms with van der Waals surface area (Å²) in [5.74, 6) is 0. The van der Waals surface area contributed by atoms with Crippen molar-refractivity contribution in [3.8, 4) is 0 Å². The smallest absolute Gasteiger partial charge is 0.0928 e. The number of hydrogen-bond acceptors (Lipinski definition) is 3. The Labute approximate surface area is 158 Å². The highest BCUT2D eigenvalue weighted by Crippen LogP contribution is 2.35. The van der Waals surface area contributed by atoms with Crippen LogP contribution in [0, 0.1) is 6.92 Å². The van der Waals surface area contributed by atoms with Crippen molar-refractivity contribution in [3.63, 3.8) is 0 Å². The third-order valence-corrected chi connectivity index (χ3v) is 5.90. The van der Waals surface area contributed by atoms with E-state index < -0.39 is 0 Å². The van der Waals surface area contributed by atoms with E-state index in [0.29, 0.717) is 0 Å². The minimum absolute atomic E-state index is 0.218. The lowest BCUT2D eigenvalue weighted by atomic mass is 9.84. The van der Waals surface area contributed by atoms with Crippen LogP contribution in [0.3, 0.4) is 0 Å². The summed E-state index contributed by atoms with van der Waals surface area (Å²) in [6.07, 6.45) is 3.01. The molecule has 0 amide bonds. The molecule has 3 heteroatoms. The molecule has 2 aromatic rings. The zero-order chi connectivity index (χ0) is 18.4. The van der Waals surface area contributed by atoms with Crippen LogP contribution in [-0.4, -0.2) is 33.3 Å². The third-order valence-electron chi connectivity index (χ3n) is 5.90. The molecule has 1 saturated heterocycles. The first-order valence-electron chi connectivity index (χ1n) is 9.84. The first-order valence-corrected chi connectivity index (χ1v) is 9.84. The molecule has 0 spiro atoms. The number of benzene rings is 2. The molecular formula is C23H32N2O. The largest absolute Gasteiger partial charge is 0.374 e. The van der Waals surface area contributed by atoms with Crippen LogP contribution in [0.2, 0.25) is 0 Å². The Hall–Kier alpha value is -1.84. The molecular weight excluding hydrogens is 320 g/mol. The molecule has 1 aliphatic heterocycles. The lowest BCUT2D eigenvalue weighted by Gasteiger charge is -2.34. The van der Waals surface area contributed by atoms with Crippen LogP contribution in [-0.2, 0) is 16.8 Å². The fraction of sp³-hybridized carbons (Fsp3) is 0.478. The van der Waals surface area contributed by atoms with Gasteiger partial charge < -0.3 is 15.0 Å². The van der Waals surface area contributed by atoms with E-state index in [9.17, 15) is 0 Å². The highest BCUT2D eigenvalue weighted by molar-refractivity contribution is 5.49. The quantitative estimate of drug-likeness (QED) is 0.804. The Balaban J connectivity index is 1.76. The van der Waals surface area contributed by atoms with Gasteiger partial charge in [-0.15, -0.1) is 0 Å². The summed E-state index contributed by atoms with van der Waals surface area (Å²) >= 11 is 0. The molecule has 26 heavy (non-hydrogen) atoms. The molecule has 2 aromatic carbocycles. The summed E-state index contributed by atoms with van der Waals surface area (Å²) < 4.78 is 6.10. The molecule has 1 atom stereocenters. The number of nitrogens with zero attached hydrogens (tertiary/aromatic N) is 1. The minimum atomic E-state index is -0.218. The van der Waals surface area contributed by atoms with Gasteiger partial charge in [0.25, 0.3) is 0 Å². The second-order valence-electron chi connectivity index (χ2n) is 7.26. The number of ether oxygens (including phenoxy) is 1. The number of anilines is 1. The van der Waals surface area contributed by atoms with E-state index in [2.05, 4.69) is 72.6 Å². The van der Waals surface area contributed by atoms with Crippen LogP contribution in [0.15, 0.2) is 48.5 Å². The van der Waals surface area contributed by atoms with Gasteiger partial charge in [0.15, 0.2) is 0 Å². The molecule has 1 fully saturated rings. The molecule has 0 radical (unpaired) electrons. The van der Waals surface area contributed by atoms with Gasteiger partial charge in [0.1, 0.15) is 0 Å². The van der Waals surface area contributed by atoms with Gasteiger partial charge in [0, 0.05) is 39.0 Å². The zero-order valence-electron chi connectivity index (χ0n) is 16.4. The maximum absolute atomic E-state index is 6.10. The summed E-state index contributed by atoms with van der Waals surface area (Å²) in [7, 11) is 1.85. The van der Waals surface area contributed by atoms with Crippen molar-refractivity contribution in [3.05, 3.63) is 65.2 Å². The molecule has 0 aliphatic carbocycles. The molecule has 0 aromatic heterocycles. The Morgan fingerprint density at radius 2 is 1.73 bits per heavy atom. The van der Waals surface area contributed by atoms with E-state index in [4.69, 9.17) is 4.74 Å². The molecule has 1 unspecified atom stereocenters. The molecule has 1 heterocycles. The Kier molecular flexibility index (Phi) is 6.33. The number of hydrogen-bond donors (Lipinski definition) is 1. The van der Waals surface area contributed by atoms with Gasteiger partial charge in [-0.3, -0.25) is 0 Å². The normalized spacial score (nSPS) is 17.1. The van der Waals surface area contributed by atoms with Crippen LogP contribution in [0.1, 0.15) is 36.5 Å². The summed E-state index contributed by atoms with van der Waals surface area (Å²) in [5, 5.41) is 3.41. The molecule has 0 bridgehead atoms. The van der Waals surface area contributed by atoms with E-state index in [0.717, 1.165) is 45.4 Å². The number of aryl methyl sites for hydroxylation is 2. The number of rotatable bonds is 7. The van der Waals surface area contributed by atoms with Crippen molar-refractivity contribution in [1.29, 1.82) is 0 Å². The van der Waals surface area contributed by atoms with Crippen LogP contribution in [0.25, 0.3) is 0 Å². The van der Waals surface area contributed by atoms with Gasteiger partial charge >= 0.3 is 0 Å². The minimum Gasteiger partial charge on any atom is -0.374 e. The second-order valence-corrected chi connectivity index (χ2v) is 7.26. The van der Waals surface area contributed by atoms with Crippen LogP contribution in [0.4, 0.5) is 5.69 Å². The number of methoxy groups -OCH3 is 1. The highest BCUT2D eigenvalue weighted by Gasteiger charge is 2.30. The van der Waals surface area contributed by atoms with E-state index in [1.165, 1.54) is 22.4 Å². The predicted octanol–water partition coefficient (Wildman–Crippen LogP) is 4.29. The zero-order valence-corrected chi connectivity index (χ0v) is 16.4. The van der Waals surface area contributed by atoms with Crippen LogP contribution in [0.5, 0.6) is 0 Å². The highest BCUT2D eigenvalue weighted by atomic mass is 16.5. The van der Waals surface area contributed by atoms with Gasteiger partial charge in [0.05, 0.1) is 5.60 Å². The van der Waals surface area contributed by atoms with E-state index in [1.54, 1.807) is 0 Å². The van der Waals surface area contributed by atoms with Crippen molar-refractivity contribution in [1.82, 2.24) is 5.32 Å². The van der Waals surface area contributed by atoms with Crippen molar-refractivity contribution >= 4 is 5.69 Å². The van der Waals surface area contributed by atoms with Crippen molar-refractivity contribution in [2.75, 3.05) is 38.2 Å².